The first kappa shape index (κ1) is 9.60. The van der Waals surface area contributed by atoms with Gasteiger partial charge in [0.15, 0.2) is 0 Å². The fourth-order valence-electron chi connectivity index (χ4n) is 0.913. The predicted molar refractivity (Wildman–Crippen MR) is 43.4 cm³/mol. The Labute approximate surface area is 74.2 Å². The molecule has 0 amide bonds. The van der Waals surface area contributed by atoms with E-state index in [1.165, 1.54) is 12.3 Å². The van der Waals surface area contributed by atoms with Gasteiger partial charge in [-0.25, -0.2) is 4.98 Å². The van der Waals surface area contributed by atoms with Crippen LogP contribution in [0, 0.1) is 5.95 Å². The zero-order chi connectivity index (χ0) is 9.84. The fourth-order valence-corrected chi connectivity index (χ4v) is 0.913. The summed E-state index contributed by atoms with van der Waals surface area (Å²) in [4.78, 5) is 13.6. The second kappa shape index (κ2) is 3.95. The van der Waals surface area contributed by atoms with Crippen LogP contribution < -0.4 is 5.73 Å². The number of halogens is 1. The number of hydrogen-bond acceptors (Lipinski definition) is 3. The van der Waals surface area contributed by atoms with Crippen molar-refractivity contribution in [2.24, 2.45) is 5.73 Å². The minimum atomic E-state index is -0.989. The number of aromatic nitrogens is 1. The first-order valence-corrected chi connectivity index (χ1v) is 3.68. The second-order valence-electron chi connectivity index (χ2n) is 2.62. The van der Waals surface area contributed by atoms with Crippen LogP contribution in [-0.4, -0.2) is 16.1 Å². The first-order valence-electron chi connectivity index (χ1n) is 3.68. The largest absolute Gasteiger partial charge is 0.481 e. The van der Waals surface area contributed by atoms with E-state index in [1.807, 2.05) is 0 Å². The monoisotopic (exact) mass is 184 g/mol. The zero-order valence-electron chi connectivity index (χ0n) is 6.77. The van der Waals surface area contributed by atoms with Crippen molar-refractivity contribution in [3.05, 3.63) is 29.8 Å². The van der Waals surface area contributed by atoms with Crippen molar-refractivity contribution >= 4 is 5.97 Å². The van der Waals surface area contributed by atoms with E-state index in [0.29, 0.717) is 5.56 Å². The molecule has 0 aliphatic carbocycles. The maximum atomic E-state index is 12.3. The summed E-state index contributed by atoms with van der Waals surface area (Å²) in [5.41, 5.74) is 6.02. The van der Waals surface area contributed by atoms with Gasteiger partial charge in [-0.15, -0.1) is 0 Å². The van der Waals surface area contributed by atoms with E-state index in [9.17, 15) is 9.18 Å². The Morgan fingerprint density at radius 2 is 2.38 bits per heavy atom. The van der Waals surface area contributed by atoms with Crippen molar-refractivity contribution in [1.82, 2.24) is 4.98 Å². The summed E-state index contributed by atoms with van der Waals surface area (Å²) in [5, 5.41) is 8.43. The summed E-state index contributed by atoms with van der Waals surface area (Å²) >= 11 is 0. The summed E-state index contributed by atoms with van der Waals surface area (Å²) in [6, 6.07) is 1.94. The van der Waals surface area contributed by atoms with Gasteiger partial charge in [0.1, 0.15) is 0 Å². The van der Waals surface area contributed by atoms with Crippen LogP contribution in [0.25, 0.3) is 0 Å². The van der Waals surface area contributed by atoms with Gasteiger partial charge in [-0.3, -0.25) is 4.79 Å². The third-order valence-corrected chi connectivity index (χ3v) is 1.57. The molecule has 0 aromatic carbocycles. The number of aliphatic carboxylic acids is 1. The molecule has 5 heteroatoms. The lowest BCUT2D eigenvalue weighted by Crippen LogP contribution is -2.15. The minimum Gasteiger partial charge on any atom is -0.481 e. The molecule has 0 fully saturated rings. The molecule has 0 aliphatic rings. The Kier molecular flexibility index (Phi) is 2.92. The molecular weight excluding hydrogens is 175 g/mol. The summed E-state index contributed by atoms with van der Waals surface area (Å²) in [7, 11) is 0. The fraction of sp³-hybridized carbons (Fsp3) is 0.250. The Bertz CT molecular complexity index is 300. The minimum absolute atomic E-state index is 0.187. The Morgan fingerprint density at radius 1 is 1.69 bits per heavy atom. The number of nitrogens with two attached hydrogens (primary N) is 1. The van der Waals surface area contributed by atoms with Crippen molar-refractivity contribution in [2.45, 2.75) is 12.5 Å². The predicted octanol–water partition coefficient (Wildman–Crippen LogP) is 0.695. The summed E-state index contributed by atoms with van der Waals surface area (Å²) in [5.74, 6) is -1.59. The molecule has 1 aromatic heterocycles. The van der Waals surface area contributed by atoms with Gasteiger partial charge in [0, 0.05) is 12.2 Å². The Morgan fingerprint density at radius 3 is 2.85 bits per heavy atom. The summed E-state index contributed by atoms with van der Waals surface area (Å²) in [6.45, 7) is 0. The van der Waals surface area contributed by atoms with Gasteiger partial charge in [0.25, 0.3) is 0 Å². The molecular formula is C8H9FN2O2. The van der Waals surface area contributed by atoms with E-state index in [1.54, 1.807) is 0 Å². The van der Waals surface area contributed by atoms with Crippen LogP contribution in [-0.2, 0) is 4.79 Å². The molecule has 1 atom stereocenters. The SMILES string of the molecule is N[C@H](CC(=O)O)c1ccc(F)nc1. The smallest absolute Gasteiger partial charge is 0.305 e. The number of nitrogens with zero attached hydrogens (tertiary/aromatic N) is 1. The molecule has 4 nitrogen and oxygen atoms in total. The van der Waals surface area contributed by atoms with Crippen LogP contribution in [0.1, 0.15) is 18.0 Å². The highest BCUT2D eigenvalue weighted by Gasteiger charge is 2.10. The highest BCUT2D eigenvalue weighted by atomic mass is 19.1. The molecule has 0 saturated heterocycles. The molecule has 3 N–H and O–H groups in total. The number of hydrogen-bond donors (Lipinski definition) is 2. The molecule has 1 aromatic rings. The maximum Gasteiger partial charge on any atom is 0.305 e. The van der Waals surface area contributed by atoms with Gasteiger partial charge in [-0.2, -0.15) is 4.39 Å². The van der Waals surface area contributed by atoms with Crippen LogP contribution in [0.3, 0.4) is 0 Å². The number of pyridine rings is 1. The Balaban J connectivity index is 2.71. The average molecular weight is 184 g/mol. The van der Waals surface area contributed by atoms with Crippen molar-refractivity contribution in [3.8, 4) is 0 Å². The van der Waals surface area contributed by atoms with E-state index in [-0.39, 0.29) is 6.42 Å². The molecule has 0 unspecified atom stereocenters. The summed E-state index contributed by atoms with van der Waals surface area (Å²) in [6.07, 6.45) is 1.05. The number of rotatable bonds is 3. The van der Waals surface area contributed by atoms with Crippen molar-refractivity contribution in [2.75, 3.05) is 0 Å². The van der Waals surface area contributed by atoms with Crippen molar-refractivity contribution in [1.29, 1.82) is 0 Å². The van der Waals surface area contributed by atoms with Crippen LogP contribution in [0.4, 0.5) is 4.39 Å². The molecule has 13 heavy (non-hydrogen) atoms. The van der Waals surface area contributed by atoms with Crippen molar-refractivity contribution < 1.29 is 14.3 Å². The summed E-state index contributed by atoms with van der Waals surface area (Å²) < 4.78 is 12.3. The molecule has 0 bridgehead atoms. The first-order chi connectivity index (χ1) is 6.09. The third kappa shape index (κ3) is 2.79. The molecule has 70 valence electrons. The molecule has 1 rings (SSSR count). The van der Waals surface area contributed by atoms with Crippen molar-refractivity contribution in [3.63, 3.8) is 0 Å². The number of carboxylic acids is 1. The number of carboxylic acid groups (broad SMARTS) is 1. The molecule has 0 saturated carbocycles. The highest BCUT2D eigenvalue weighted by Crippen LogP contribution is 2.12. The highest BCUT2D eigenvalue weighted by molar-refractivity contribution is 5.67. The van der Waals surface area contributed by atoms with Gasteiger partial charge in [-0.05, 0) is 11.6 Å². The lowest BCUT2D eigenvalue weighted by molar-refractivity contribution is -0.137. The Hall–Kier alpha value is -1.49. The average Bonchev–Trinajstić information content (AvgIpc) is 2.04. The standard InChI is InChI=1S/C8H9FN2O2/c9-7-2-1-5(4-11-7)6(10)3-8(12)13/h1-2,4,6H,3,10H2,(H,12,13)/t6-/m1/s1. The topological polar surface area (TPSA) is 76.2 Å². The van der Waals surface area contributed by atoms with Crippen LogP contribution in [0.2, 0.25) is 0 Å². The lowest BCUT2D eigenvalue weighted by atomic mass is 10.1. The van der Waals surface area contributed by atoms with Crippen LogP contribution in [0.15, 0.2) is 18.3 Å². The van der Waals surface area contributed by atoms with Gasteiger partial charge in [0.05, 0.1) is 6.42 Å². The quantitative estimate of drug-likeness (QED) is 0.678. The van der Waals surface area contributed by atoms with Gasteiger partial charge in [0.2, 0.25) is 5.95 Å². The molecule has 0 radical (unpaired) electrons. The van der Waals surface area contributed by atoms with Crippen LogP contribution >= 0.6 is 0 Å². The second-order valence-corrected chi connectivity index (χ2v) is 2.62. The van der Waals surface area contributed by atoms with E-state index in [0.717, 1.165) is 6.07 Å². The van der Waals surface area contributed by atoms with Gasteiger partial charge < -0.3 is 10.8 Å². The number of carbonyl (C=O) groups is 1. The molecule has 1 heterocycles. The molecule has 0 spiro atoms. The van der Waals surface area contributed by atoms with Gasteiger partial charge in [-0.1, -0.05) is 6.07 Å². The van der Waals surface area contributed by atoms with Gasteiger partial charge >= 0.3 is 5.97 Å². The van der Waals surface area contributed by atoms with E-state index in [2.05, 4.69) is 4.98 Å². The normalized spacial score (nSPS) is 12.5. The van der Waals surface area contributed by atoms with E-state index in [4.69, 9.17) is 10.8 Å². The van der Waals surface area contributed by atoms with E-state index >= 15 is 0 Å². The zero-order valence-corrected chi connectivity index (χ0v) is 6.77. The maximum absolute atomic E-state index is 12.3. The third-order valence-electron chi connectivity index (χ3n) is 1.57. The van der Waals surface area contributed by atoms with Crippen LogP contribution in [0.5, 0.6) is 0 Å². The van der Waals surface area contributed by atoms with E-state index < -0.39 is 18.0 Å². The lowest BCUT2D eigenvalue weighted by Gasteiger charge is -2.07. The molecule has 0 aliphatic heterocycles.